The molecule has 0 aliphatic carbocycles. The number of phosphoric acid groups is 2. The van der Waals surface area contributed by atoms with Gasteiger partial charge in [0.05, 0.1) is 26.4 Å². The number of hydrogen-bond donors (Lipinski definition) is 3. The van der Waals surface area contributed by atoms with Gasteiger partial charge in [-0.2, -0.15) is 0 Å². The molecule has 0 saturated heterocycles. The minimum atomic E-state index is -5.01. The van der Waals surface area contributed by atoms with Crippen LogP contribution in [0.3, 0.4) is 0 Å². The van der Waals surface area contributed by atoms with E-state index in [9.17, 15) is 43.2 Å². The fourth-order valence-electron chi connectivity index (χ4n) is 9.51. The van der Waals surface area contributed by atoms with Crippen molar-refractivity contribution >= 4 is 39.5 Å². The molecule has 0 amide bonds. The number of hydrogen-bond acceptors (Lipinski definition) is 15. The van der Waals surface area contributed by atoms with Crippen LogP contribution in [0.25, 0.3) is 0 Å². The Balaban J connectivity index is 5.52. The first kappa shape index (κ1) is 98.2. The van der Waals surface area contributed by atoms with Crippen molar-refractivity contribution in [1.29, 1.82) is 0 Å². The lowest BCUT2D eigenvalue weighted by Crippen LogP contribution is -2.30. The molecule has 0 aliphatic heterocycles. The zero-order valence-electron chi connectivity index (χ0n) is 64.1. The predicted molar refractivity (Wildman–Crippen MR) is 426 cm³/mol. The Hall–Kier alpha value is -5.84. The molecule has 0 aliphatic rings. The second-order valence-corrected chi connectivity index (χ2v) is 28.1. The quantitative estimate of drug-likeness (QED) is 0.0169. The lowest BCUT2D eigenvalue weighted by atomic mass is 10.1. The van der Waals surface area contributed by atoms with E-state index in [1.165, 1.54) is 38.5 Å². The number of aliphatic hydroxyl groups is 1. The highest BCUT2D eigenvalue weighted by Gasteiger charge is 2.30. The second kappa shape index (κ2) is 75.4. The lowest BCUT2D eigenvalue weighted by molar-refractivity contribution is -0.161. The van der Waals surface area contributed by atoms with Crippen molar-refractivity contribution < 1.29 is 80.2 Å². The molecule has 19 heteroatoms. The van der Waals surface area contributed by atoms with E-state index < -0.39 is 97.5 Å². The van der Waals surface area contributed by atoms with Gasteiger partial charge in [-0.05, 0) is 167 Å². The number of ether oxygens (including phenoxy) is 4. The first-order valence-electron chi connectivity index (χ1n) is 39.0. The van der Waals surface area contributed by atoms with Crippen molar-refractivity contribution in [1.82, 2.24) is 0 Å². The van der Waals surface area contributed by atoms with Crippen LogP contribution in [0.2, 0.25) is 0 Å². The summed E-state index contributed by atoms with van der Waals surface area (Å²) in [4.78, 5) is 72.9. The first-order chi connectivity index (χ1) is 50.7. The first-order valence-corrected chi connectivity index (χ1v) is 42.0. The van der Waals surface area contributed by atoms with E-state index >= 15 is 0 Å². The van der Waals surface area contributed by atoms with Gasteiger partial charge in [0.15, 0.2) is 12.2 Å². The van der Waals surface area contributed by atoms with Crippen molar-refractivity contribution in [3.8, 4) is 0 Å². The van der Waals surface area contributed by atoms with Crippen LogP contribution in [0.15, 0.2) is 182 Å². The maximum atomic E-state index is 13.1. The summed E-state index contributed by atoms with van der Waals surface area (Å²) in [5.41, 5.74) is 0. The van der Waals surface area contributed by atoms with E-state index in [0.717, 1.165) is 135 Å². The highest BCUT2D eigenvalue weighted by atomic mass is 31.2. The zero-order valence-corrected chi connectivity index (χ0v) is 65.9. The fraction of sp³-hybridized carbons (Fsp3) is 0.600. The summed E-state index contributed by atoms with van der Waals surface area (Å²) < 4.78 is 68.4. The molecule has 0 rings (SSSR count). The van der Waals surface area contributed by atoms with Crippen LogP contribution in [0.4, 0.5) is 0 Å². The average Bonchev–Trinajstić information content (AvgIpc) is 0.937. The summed E-state index contributed by atoms with van der Waals surface area (Å²) in [6, 6.07) is 0. The topological polar surface area (TPSA) is 237 Å². The molecular formula is C85H136O17P2. The van der Waals surface area contributed by atoms with Gasteiger partial charge in [0.25, 0.3) is 0 Å². The van der Waals surface area contributed by atoms with E-state index in [1.807, 2.05) is 30.4 Å². The average molecular weight is 1490 g/mol. The molecule has 104 heavy (non-hydrogen) atoms. The molecule has 3 N–H and O–H groups in total. The molecule has 588 valence electrons. The maximum Gasteiger partial charge on any atom is 0.472 e. The molecule has 0 saturated carbocycles. The number of aliphatic hydroxyl groups excluding tert-OH is 1. The minimum absolute atomic E-state index is 0.0218. The number of carbonyl (C=O) groups excluding carboxylic acids is 4. The largest absolute Gasteiger partial charge is 0.472 e. The Bertz CT molecular complexity index is 2690. The van der Waals surface area contributed by atoms with Gasteiger partial charge < -0.3 is 33.8 Å². The van der Waals surface area contributed by atoms with Gasteiger partial charge >= 0.3 is 39.5 Å². The fourth-order valence-corrected chi connectivity index (χ4v) is 11.1. The van der Waals surface area contributed by atoms with E-state index in [1.54, 1.807) is 0 Å². The highest BCUT2D eigenvalue weighted by molar-refractivity contribution is 7.47. The van der Waals surface area contributed by atoms with Crippen molar-refractivity contribution in [3.63, 3.8) is 0 Å². The number of allylic oxidation sites excluding steroid dienone is 30. The summed E-state index contributed by atoms with van der Waals surface area (Å²) in [7, 11) is -10.0. The van der Waals surface area contributed by atoms with Crippen LogP contribution in [0.1, 0.15) is 272 Å². The summed E-state index contributed by atoms with van der Waals surface area (Å²) in [6.07, 6.45) is 90.4. The molecule has 0 aromatic heterocycles. The summed E-state index contributed by atoms with van der Waals surface area (Å²) >= 11 is 0. The third kappa shape index (κ3) is 74.4. The van der Waals surface area contributed by atoms with E-state index in [0.29, 0.717) is 44.9 Å². The number of carbonyl (C=O) groups is 4. The maximum absolute atomic E-state index is 13.1. The normalized spacial score (nSPS) is 14.9. The molecule has 0 aromatic rings. The Morgan fingerprint density at radius 1 is 0.279 bits per heavy atom. The second-order valence-electron chi connectivity index (χ2n) is 25.1. The Kier molecular flexibility index (Phi) is 71.2. The van der Waals surface area contributed by atoms with E-state index in [4.69, 9.17) is 37.0 Å². The molecule has 0 aromatic carbocycles. The Morgan fingerprint density at radius 3 is 0.827 bits per heavy atom. The minimum Gasteiger partial charge on any atom is -0.462 e. The lowest BCUT2D eigenvalue weighted by Gasteiger charge is -2.21. The Morgan fingerprint density at radius 2 is 0.510 bits per heavy atom. The van der Waals surface area contributed by atoms with Crippen LogP contribution in [0.5, 0.6) is 0 Å². The summed E-state index contributed by atoms with van der Waals surface area (Å²) in [6.45, 7) is 4.31. The molecule has 17 nitrogen and oxygen atoms in total. The molecule has 5 unspecified atom stereocenters. The van der Waals surface area contributed by atoms with Crippen LogP contribution in [-0.2, 0) is 65.4 Å². The Labute approximate surface area is 628 Å². The molecule has 0 bridgehead atoms. The number of unbranched alkanes of at least 4 members (excludes halogenated alkanes) is 15. The molecule has 0 fully saturated rings. The molecule has 0 radical (unpaired) electrons. The van der Waals surface area contributed by atoms with Gasteiger partial charge in [-0.1, -0.05) is 261 Å². The monoisotopic (exact) mass is 1490 g/mol. The van der Waals surface area contributed by atoms with Gasteiger partial charge in [0.2, 0.25) is 0 Å². The SMILES string of the molecule is CC/C=C\C/C=C\C/C=C\C/C=C\C/C=C\CCCC(=O)OCC(COP(=O)(O)OCC(O)COP(=O)(O)OCC(COC(=O)CCC/C=C\C/C=C\C/C=C\C/C=C\C/C=C\CC)OC(=O)CCCCCCC/C=C\CCCCCCCC)OC(=O)CCCC/C=C\C/C=C\C/C=C\C/C=C\CC. The summed E-state index contributed by atoms with van der Waals surface area (Å²) in [5.74, 6) is -2.39. The molecule has 5 atom stereocenters. The van der Waals surface area contributed by atoms with Crippen LogP contribution >= 0.6 is 15.6 Å². The molecular weight excluding hydrogens is 1350 g/mol. The van der Waals surface area contributed by atoms with Crippen LogP contribution in [0, 0.1) is 0 Å². The van der Waals surface area contributed by atoms with E-state index in [2.05, 4.69) is 180 Å². The van der Waals surface area contributed by atoms with Crippen molar-refractivity contribution in [2.45, 2.75) is 290 Å². The van der Waals surface area contributed by atoms with Gasteiger partial charge in [-0.3, -0.25) is 37.3 Å². The predicted octanol–water partition coefficient (Wildman–Crippen LogP) is 22.8. The third-order valence-electron chi connectivity index (χ3n) is 15.3. The standard InChI is InChI=1S/C85H136O17P2/c1-5-9-13-17-21-25-29-33-37-39-43-45-49-53-57-61-65-69-82(87)95-75-80(101-84(89)71-67-63-59-55-51-47-41-35-31-27-23-19-15-11-7-3)77-99-103(91,92)97-73-79(86)74-98-104(93,94)100-78-81(102-85(90)72-68-64-60-56-52-48-42-36-32-28-24-20-16-12-8-4)76-96-83(88)70-66-62-58-54-50-46-44-40-38-34-30-26-22-18-14-10-6-2/h9-11,13-15,21-23,25-27,33-38,41-46,51,53-55,57-58,79-81,86H,5-8,12,16-20,24,28-32,39-40,47-50,52,56,59-78H2,1-4H3,(H,91,92)(H,93,94)/b13-9-,14-10-,15-11-,25-21-,26-22-,27-23-,37-33-,38-34-,41-35-,42-36-,45-43-,46-44-,55-51-,57-53-,58-54-. The van der Waals surface area contributed by atoms with Crippen molar-refractivity contribution in [2.24, 2.45) is 0 Å². The molecule has 0 heterocycles. The number of phosphoric ester groups is 2. The van der Waals surface area contributed by atoms with Crippen molar-refractivity contribution in [2.75, 3.05) is 39.6 Å². The third-order valence-corrected chi connectivity index (χ3v) is 17.2. The number of rotatable bonds is 71. The smallest absolute Gasteiger partial charge is 0.462 e. The number of esters is 4. The highest BCUT2D eigenvalue weighted by Crippen LogP contribution is 2.45. The van der Waals surface area contributed by atoms with Crippen molar-refractivity contribution in [3.05, 3.63) is 182 Å². The van der Waals surface area contributed by atoms with Gasteiger partial charge in [0.1, 0.15) is 19.3 Å². The summed E-state index contributed by atoms with van der Waals surface area (Å²) in [5, 5.41) is 10.6. The van der Waals surface area contributed by atoms with Crippen LogP contribution < -0.4 is 0 Å². The van der Waals surface area contributed by atoms with Gasteiger partial charge in [-0.25, -0.2) is 9.13 Å². The molecule has 0 spiro atoms. The zero-order chi connectivity index (χ0) is 76.0. The van der Waals surface area contributed by atoms with Crippen LogP contribution in [-0.4, -0.2) is 96.7 Å². The van der Waals surface area contributed by atoms with Gasteiger partial charge in [0, 0.05) is 25.7 Å². The van der Waals surface area contributed by atoms with E-state index in [-0.39, 0.29) is 25.7 Å². The van der Waals surface area contributed by atoms with Gasteiger partial charge in [-0.15, -0.1) is 0 Å².